The lowest BCUT2D eigenvalue weighted by Crippen LogP contribution is -2.42. The van der Waals surface area contributed by atoms with Crippen LogP contribution in [0.3, 0.4) is 0 Å². The van der Waals surface area contributed by atoms with E-state index in [4.69, 9.17) is 0 Å². The number of aromatic nitrogens is 1. The first kappa shape index (κ1) is 14.8. The monoisotopic (exact) mass is 342 g/mol. The molecule has 1 unspecified atom stereocenters. The van der Waals surface area contributed by atoms with Gasteiger partial charge < -0.3 is 10.6 Å². The van der Waals surface area contributed by atoms with Crippen molar-refractivity contribution in [2.75, 3.05) is 11.9 Å². The number of benzene rings is 1. The summed E-state index contributed by atoms with van der Waals surface area (Å²) in [5.74, 6) is -0.816. The summed E-state index contributed by atoms with van der Waals surface area (Å²) in [5, 5.41) is 7.54. The lowest BCUT2D eigenvalue weighted by Gasteiger charge is -2.22. The number of hydrogen-bond donors (Lipinski definition) is 2. The first-order valence-corrected chi connectivity index (χ1v) is 8.40. The largest absolute Gasteiger partial charge is 0.325 e. The average Bonchev–Trinajstić information content (AvgIpc) is 3.25. The van der Waals surface area contributed by atoms with Crippen molar-refractivity contribution >= 4 is 34.3 Å². The van der Waals surface area contributed by atoms with Gasteiger partial charge in [-0.1, -0.05) is 24.3 Å². The Balaban J connectivity index is 1.56. The van der Waals surface area contributed by atoms with Crippen molar-refractivity contribution in [2.24, 2.45) is 0 Å². The summed E-state index contributed by atoms with van der Waals surface area (Å²) in [5.41, 5.74) is 0.848. The Morgan fingerprint density at radius 3 is 3.00 bits per heavy atom. The number of carbonyl (C=O) groups excluding carboxylic acids is 3. The fraction of sp³-hybridized carbons (Fsp3) is 0.250. The smallest absolute Gasteiger partial charge is 0.319 e. The highest BCUT2D eigenvalue weighted by atomic mass is 32.1. The van der Waals surface area contributed by atoms with E-state index in [9.17, 15) is 14.4 Å². The van der Waals surface area contributed by atoms with Gasteiger partial charge in [0.05, 0.1) is 0 Å². The molecular formula is C16H14N4O3S. The van der Waals surface area contributed by atoms with Gasteiger partial charge in [-0.15, -0.1) is 11.3 Å². The molecule has 1 aliphatic heterocycles. The standard InChI is InChI=1S/C16H14N4O3S/c21-12(18-14-17-7-8-24-14)9-20-13(22)16(19-15(20)23)6-5-10-3-1-2-4-11(10)16/h1-4,7-8H,5-6,9H2,(H,19,23)(H,17,18,21). The number of anilines is 1. The van der Waals surface area contributed by atoms with E-state index in [0.717, 1.165) is 22.4 Å². The molecule has 122 valence electrons. The van der Waals surface area contributed by atoms with E-state index in [0.29, 0.717) is 11.6 Å². The number of hydrogen-bond acceptors (Lipinski definition) is 5. The maximum Gasteiger partial charge on any atom is 0.325 e. The van der Waals surface area contributed by atoms with Crippen LogP contribution in [0.15, 0.2) is 35.8 Å². The molecule has 2 N–H and O–H groups in total. The molecule has 0 bridgehead atoms. The van der Waals surface area contributed by atoms with E-state index in [1.165, 1.54) is 11.3 Å². The third kappa shape index (κ3) is 2.18. The van der Waals surface area contributed by atoms with E-state index in [1.807, 2.05) is 24.3 Å². The molecule has 1 aliphatic carbocycles. The molecule has 0 radical (unpaired) electrons. The Morgan fingerprint density at radius 1 is 1.38 bits per heavy atom. The number of imide groups is 1. The topological polar surface area (TPSA) is 91.4 Å². The Labute approximate surface area is 141 Å². The van der Waals surface area contributed by atoms with Crippen LogP contribution in [0, 0.1) is 0 Å². The normalized spacial score (nSPS) is 21.9. The molecule has 1 atom stereocenters. The molecule has 0 saturated carbocycles. The molecule has 4 rings (SSSR count). The molecule has 1 saturated heterocycles. The van der Waals surface area contributed by atoms with Crippen molar-refractivity contribution in [1.29, 1.82) is 0 Å². The third-order valence-electron chi connectivity index (χ3n) is 4.40. The summed E-state index contributed by atoms with van der Waals surface area (Å²) in [6.45, 7) is -0.325. The quantitative estimate of drug-likeness (QED) is 0.827. The number of thiazole rings is 1. The summed E-state index contributed by atoms with van der Waals surface area (Å²) < 4.78 is 0. The van der Waals surface area contributed by atoms with Crippen LogP contribution in [-0.2, 0) is 21.5 Å². The van der Waals surface area contributed by atoms with Crippen LogP contribution in [0.25, 0.3) is 0 Å². The fourth-order valence-corrected chi connectivity index (χ4v) is 3.87. The first-order valence-electron chi connectivity index (χ1n) is 7.52. The van der Waals surface area contributed by atoms with Gasteiger partial charge in [-0.2, -0.15) is 0 Å². The molecule has 1 aromatic heterocycles. The molecule has 8 heteroatoms. The number of amides is 4. The lowest BCUT2D eigenvalue weighted by molar-refractivity contribution is -0.134. The van der Waals surface area contributed by atoms with Crippen molar-refractivity contribution in [2.45, 2.75) is 18.4 Å². The summed E-state index contributed by atoms with van der Waals surface area (Å²) in [4.78, 5) is 42.2. The van der Waals surface area contributed by atoms with Crippen LogP contribution >= 0.6 is 11.3 Å². The zero-order valence-electron chi connectivity index (χ0n) is 12.6. The number of aryl methyl sites for hydroxylation is 1. The SMILES string of the molecule is O=C(CN1C(=O)NC2(CCc3ccccc32)C1=O)Nc1nccs1. The zero-order valence-corrected chi connectivity index (χ0v) is 13.4. The maximum atomic E-state index is 12.9. The van der Waals surface area contributed by atoms with Gasteiger partial charge in [0.25, 0.3) is 5.91 Å². The molecule has 4 amide bonds. The van der Waals surface area contributed by atoms with Crippen molar-refractivity contribution in [3.63, 3.8) is 0 Å². The van der Waals surface area contributed by atoms with Crippen molar-refractivity contribution in [1.82, 2.24) is 15.2 Å². The lowest BCUT2D eigenvalue weighted by atomic mass is 9.92. The Kier molecular flexibility index (Phi) is 3.34. The van der Waals surface area contributed by atoms with Gasteiger partial charge in [0.1, 0.15) is 12.1 Å². The Bertz CT molecular complexity index is 836. The first-order chi connectivity index (χ1) is 11.6. The predicted octanol–water partition coefficient (Wildman–Crippen LogP) is 1.48. The van der Waals surface area contributed by atoms with Gasteiger partial charge in [0, 0.05) is 11.6 Å². The van der Waals surface area contributed by atoms with E-state index in [1.54, 1.807) is 11.6 Å². The highest BCUT2D eigenvalue weighted by Crippen LogP contribution is 2.41. The molecule has 2 heterocycles. The summed E-state index contributed by atoms with van der Waals surface area (Å²) >= 11 is 1.27. The van der Waals surface area contributed by atoms with Crippen LogP contribution in [0.1, 0.15) is 17.5 Å². The van der Waals surface area contributed by atoms with Gasteiger partial charge in [0.2, 0.25) is 5.91 Å². The molecule has 24 heavy (non-hydrogen) atoms. The number of fused-ring (bicyclic) bond motifs is 2. The summed E-state index contributed by atoms with van der Waals surface area (Å²) in [6, 6.07) is 7.05. The zero-order chi connectivity index (χ0) is 16.7. The van der Waals surface area contributed by atoms with Crippen LogP contribution < -0.4 is 10.6 Å². The number of rotatable bonds is 3. The van der Waals surface area contributed by atoms with Crippen LogP contribution in [0.5, 0.6) is 0 Å². The van der Waals surface area contributed by atoms with Gasteiger partial charge in [0.15, 0.2) is 5.13 Å². The Hall–Kier alpha value is -2.74. The second-order valence-electron chi connectivity index (χ2n) is 5.77. The second kappa shape index (κ2) is 5.41. The molecule has 1 aromatic carbocycles. The predicted molar refractivity (Wildman–Crippen MR) is 87.4 cm³/mol. The summed E-state index contributed by atoms with van der Waals surface area (Å²) in [7, 11) is 0. The van der Waals surface area contributed by atoms with E-state index in [-0.39, 0.29) is 12.5 Å². The van der Waals surface area contributed by atoms with Gasteiger partial charge in [-0.25, -0.2) is 9.78 Å². The minimum atomic E-state index is -1.03. The van der Waals surface area contributed by atoms with E-state index < -0.39 is 17.5 Å². The minimum Gasteiger partial charge on any atom is -0.319 e. The van der Waals surface area contributed by atoms with Gasteiger partial charge >= 0.3 is 6.03 Å². The number of nitrogens with zero attached hydrogens (tertiary/aromatic N) is 2. The van der Waals surface area contributed by atoms with Crippen molar-refractivity contribution < 1.29 is 14.4 Å². The molecule has 1 spiro atoms. The van der Waals surface area contributed by atoms with E-state index in [2.05, 4.69) is 15.6 Å². The summed E-state index contributed by atoms with van der Waals surface area (Å²) in [6.07, 6.45) is 2.81. The molecule has 2 aliphatic rings. The molecular weight excluding hydrogens is 328 g/mol. The minimum absolute atomic E-state index is 0.325. The number of carbonyl (C=O) groups is 3. The van der Waals surface area contributed by atoms with Crippen molar-refractivity contribution in [3.8, 4) is 0 Å². The van der Waals surface area contributed by atoms with Gasteiger partial charge in [-0.3, -0.25) is 14.5 Å². The number of nitrogens with one attached hydrogen (secondary N) is 2. The van der Waals surface area contributed by atoms with Crippen LogP contribution in [0.4, 0.5) is 9.93 Å². The molecule has 7 nitrogen and oxygen atoms in total. The third-order valence-corrected chi connectivity index (χ3v) is 5.09. The number of urea groups is 1. The van der Waals surface area contributed by atoms with Crippen LogP contribution in [0.2, 0.25) is 0 Å². The Morgan fingerprint density at radius 2 is 2.21 bits per heavy atom. The molecule has 2 aromatic rings. The highest BCUT2D eigenvalue weighted by Gasteiger charge is 2.55. The van der Waals surface area contributed by atoms with Crippen LogP contribution in [-0.4, -0.2) is 34.3 Å². The second-order valence-corrected chi connectivity index (χ2v) is 6.66. The van der Waals surface area contributed by atoms with E-state index >= 15 is 0 Å². The maximum absolute atomic E-state index is 12.9. The fourth-order valence-electron chi connectivity index (χ4n) is 3.32. The molecule has 1 fully saturated rings. The van der Waals surface area contributed by atoms with Crippen molar-refractivity contribution in [3.05, 3.63) is 47.0 Å². The average molecular weight is 342 g/mol. The van der Waals surface area contributed by atoms with Gasteiger partial charge in [-0.05, 0) is 24.0 Å². The highest BCUT2D eigenvalue weighted by molar-refractivity contribution is 7.13.